The molecule has 5 rings (SSSR count). The summed E-state index contributed by atoms with van der Waals surface area (Å²) >= 11 is 0. The van der Waals surface area contributed by atoms with Gasteiger partial charge in [0.2, 0.25) is 6.79 Å². The lowest BCUT2D eigenvalue weighted by atomic mass is 10.1. The van der Waals surface area contributed by atoms with Crippen molar-refractivity contribution >= 4 is 16.8 Å². The zero-order chi connectivity index (χ0) is 22.9. The van der Waals surface area contributed by atoms with E-state index in [0.717, 1.165) is 78.7 Å². The van der Waals surface area contributed by atoms with Crippen molar-refractivity contribution in [2.24, 2.45) is 0 Å². The number of piperazine rings is 1. The normalized spacial score (nSPS) is 15.9. The summed E-state index contributed by atoms with van der Waals surface area (Å²) in [5.41, 5.74) is 4.11. The van der Waals surface area contributed by atoms with Crippen molar-refractivity contribution in [3.05, 3.63) is 53.2 Å². The Morgan fingerprint density at radius 2 is 1.79 bits per heavy atom. The number of fused-ring (bicyclic) bond motifs is 2. The van der Waals surface area contributed by atoms with E-state index >= 15 is 0 Å². The molecule has 3 heterocycles. The topological polar surface area (TPSA) is 56.2 Å². The third-order valence-electron chi connectivity index (χ3n) is 6.62. The summed E-state index contributed by atoms with van der Waals surface area (Å²) in [4.78, 5) is 18.0. The molecule has 3 aromatic rings. The maximum atomic E-state index is 13.6. The summed E-state index contributed by atoms with van der Waals surface area (Å²) in [6, 6.07) is 12.2. The second-order valence-electron chi connectivity index (χ2n) is 8.59. The van der Waals surface area contributed by atoms with Crippen LogP contribution in [-0.4, -0.2) is 59.9 Å². The van der Waals surface area contributed by atoms with Crippen molar-refractivity contribution in [1.29, 1.82) is 0 Å². The van der Waals surface area contributed by atoms with E-state index in [1.165, 1.54) is 5.56 Å². The highest BCUT2D eigenvalue weighted by molar-refractivity contribution is 6.02. The molecule has 0 radical (unpaired) electrons. The molecule has 1 amide bonds. The first-order valence-corrected chi connectivity index (χ1v) is 11.7. The van der Waals surface area contributed by atoms with E-state index in [2.05, 4.69) is 40.7 Å². The Morgan fingerprint density at radius 3 is 2.55 bits per heavy atom. The van der Waals surface area contributed by atoms with E-state index in [9.17, 15) is 4.79 Å². The monoisotopic (exact) mass is 449 g/mol. The lowest BCUT2D eigenvalue weighted by Gasteiger charge is -2.35. The van der Waals surface area contributed by atoms with Crippen LogP contribution in [0, 0.1) is 6.92 Å². The second-order valence-corrected chi connectivity index (χ2v) is 8.59. The van der Waals surface area contributed by atoms with E-state index < -0.39 is 0 Å². The van der Waals surface area contributed by atoms with Gasteiger partial charge in [-0.1, -0.05) is 6.07 Å². The maximum Gasteiger partial charge on any atom is 0.270 e. The summed E-state index contributed by atoms with van der Waals surface area (Å²) in [5, 5.41) is 1.09. The summed E-state index contributed by atoms with van der Waals surface area (Å²) in [5.74, 6) is 2.59. The fraction of sp³-hybridized carbons (Fsp3) is 0.423. The van der Waals surface area contributed by atoms with Gasteiger partial charge >= 0.3 is 0 Å². The molecule has 174 valence electrons. The Morgan fingerprint density at radius 1 is 1.00 bits per heavy atom. The molecule has 33 heavy (non-hydrogen) atoms. The number of amides is 1. The van der Waals surface area contributed by atoms with Gasteiger partial charge in [0, 0.05) is 50.2 Å². The van der Waals surface area contributed by atoms with E-state index in [1.807, 2.05) is 30.9 Å². The largest absolute Gasteiger partial charge is 0.494 e. The average Bonchev–Trinajstić information content (AvgIpc) is 3.41. The number of hydrogen-bond donors (Lipinski definition) is 0. The highest BCUT2D eigenvalue weighted by atomic mass is 16.7. The number of aryl methyl sites for hydroxylation is 2. The minimum atomic E-state index is 0.117. The summed E-state index contributed by atoms with van der Waals surface area (Å²) in [7, 11) is 0. The molecule has 0 N–H and O–H groups in total. The third kappa shape index (κ3) is 4.02. The number of ether oxygens (including phenoxy) is 3. The van der Waals surface area contributed by atoms with E-state index in [4.69, 9.17) is 14.2 Å². The van der Waals surface area contributed by atoms with Gasteiger partial charge < -0.3 is 23.7 Å². The summed E-state index contributed by atoms with van der Waals surface area (Å²) < 4.78 is 18.7. The maximum absolute atomic E-state index is 13.6. The molecule has 0 aliphatic carbocycles. The number of aromatic nitrogens is 1. The molecule has 7 nitrogen and oxygen atoms in total. The Kier molecular flexibility index (Phi) is 5.89. The van der Waals surface area contributed by atoms with Gasteiger partial charge in [0.1, 0.15) is 11.4 Å². The van der Waals surface area contributed by atoms with Crippen LogP contribution >= 0.6 is 0 Å². The van der Waals surface area contributed by atoms with Crippen molar-refractivity contribution in [1.82, 2.24) is 14.4 Å². The Bertz CT molecular complexity index is 1180. The molecule has 2 aromatic carbocycles. The van der Waals surface area contributed by atoms with Crippen molar-refractivity contribution in [3.8, 4) is 17.2 Å². The molecule has 7 heteroatoms. The molecule has 0 spiro atoms. The molecule has 0 atom stereocenters. The van der Waals surface area contributed by atoms with Crippen LogP contribution in [-0.2, 0) is 13.1 Å². The van der Waals surface area contributed by atoms with Crippen molar-refractivity contribution in [2.75, 3.05) is 39.6 Å². The second kappa shape index (κ2) is 8.98. The van der Waals surface area contributed by atoms with Crippen LogP contribution < -0.4 is 14.2 Å². The lowest BCUT2D eigenvalue weighted by Crippen LogP contribution is -2.48. The molecule has 2 aliphatic heterocycles. The molecule has 1 aromatic heterocycles. The number of nitrogens with zero attached hydrogens (tertiary/aromatic N) is 3. The number of rotatable bonds is 6. The van der Waals surface area contributed by atoms with E-state index in [-0.39, 0.29) is 5.91 Å². The van der Waals surface area contributed by atoms with Gasteiger partial charge in [-0.15, -0.1) is 0 Å². The van der Waals surface area contributed by atoms with Gasteiger partial charge in [-0.25, -0.2) is 0 Å². The van der Waals surface area contributed by atoms with Crippen molar-refractivity contribution in [2.45, 2.75) is 33.9 Å². The summed E-state index contributed by atoms with van der Waals surface area (Å²) in [6.45, 7) is 11.8. The standard InChI is InChI=1S/C26H31N3O4/c1-4-29-22-8-7-20(31-5-2)15-21(22)18(3)25(29)26(30)28-12-10-27(11-13-28)16-19-6-9-23-24(14-19)33-17-32-23/h6-9,14-15H,4-5,10-13,16-17H2,1-3H3. The van der Waals surface area contributed by atoms with Crippen LogP contribution in [0.5, 0.6) is 17.2 Å². The van der Waals surface area contributed by atoms with Gasteiger partial charge in [0.05, 0.1) is 6.61 Å². The molecular formula is C26H31N3O4. The zero-order valence-corrected chi connectivity index (χ0v) is 19.6. The summed E-state index contributed by atoms with van der Waals surface area (Å²) in [6.07, 6.45) is 0. The molecular weight excluding hydrogens is 418 g/mol. The van der Waals surface area contributed by atoms with Crippen molar-refractivity contribution < 1.29 is 19.0 Å². The minimum Gasteiger partial charge on any atom is -0.494 e. The van der Waals surface area contributed by atoms with Crippen LogP contribution in [0.3, 0.4) is 0 Å². The molecule has 0 unspecified atom stereocenters. The molecule has 2 aliphatic rings. The van der Waals surface area contributed by atoms with Crippen LogP contribution in [0.15, 0.2) is 36.4 Å². The van der Waals surface area contributed by atoms with Gasteiger partial charge in [0.25, 0.3) is 5.91 Å². The first kappa shape index (κ1) is 21.6. The Hall–Kier alpha value is -3.19. The number of benzene rings is 2. The minimum absolute atomic E-state index is 0.117. The Labute approximate surface area is 194 Å². The van der Waals surface area contributed by atoms with E-state index in [0.29, 0.717) is 13.4 Å². The third-order valence-corrected chi connectivity index (χ3v) is 6.62. The van der Waals surface area contributed by atoms with Crippen molar-refractivity contribution in [3.63, 3.8) is 0 Å². The molecule has 0 bridgehead atoms. The molecule has 1 saturated heterocycles. The van der Waals surface area contributed by atoms with Gasteiger partial charge in [-0.05, 0) is 62.2 Å². The van der Waals surface area contributed by atoms with Crippen LogP contribution in [0.1, 0.15) is 35.5 Å². The molecule has 1 fully saturated rings. The number of hydrogen-bond acceptors (Lipinski definition) is 5. The predicted molar refractivity (Wildman–Crippen MR) is 127 cm³/mol. The zero-order valence-electron chi connectivity index (χ0n) is 19.6. The van der Waals surface area contributed by atoms with Gasteiger partial charge in [0.15, 0.2) is 11.5 Å². The fourth-order valence-corrected chi connectivity index (χ4v) is 4.92. The van der Waals surface area contributed by atoms with Gasteiger partial charge in [-0.3, -0.25) is 9.69 Å². The first-order chi connectivity index (χ1) is 16.1. The fourth-order valence-electron chi connectivity index (χ4n) is 4.92. The predicted octanol–water partition coefficient (Wildman–Crippen LogP) is 4.06. The highest BCUT2D eigenvalue weighted by Gasteiger charge is 2.27. The van der Waals surface area contributed by atoms with Crippen LogP contribution in [0.4, 0.5) is 0 Å². The van der Waals surface area contributed by atoms with Crippen LogP contribution in [0.25, 0.3) is 10.9 Å². The average molecular weight is 450 g/mol. The highest BCUT2D eigenvalue weighted by Crippen LogP contribution is 2.33. The van der Waals surface area contributed by atoms with E-state index in [1.54, 1.807) is 0 Å². The number of carbonyl (C=O) groups excluding carboxylic acids is 1. The quantitative estimate of drug-likeness (QED) is 0.568. The Balaban J connectivity index is 1.30. The molecule has 0 saturated carbocycles. The lowest BCUT2D eigenvalue weighted by molar-refractivity contribution is 0.0618. The SMILES string of the molecule is CCOc1ccc2c(c1)c(C)c(C(=O)N1CCN(Cc3ccc4c(c3)OCO4)CC1)n2CC. The number of carbonyl (C=O) groups is 1. The van der Waals surface area contributed by atoms with Crippen LogP contribution in [0.2, 0.25) is 0 Å². The smallest absolute Gasteiger partial charge is 0.270 e. The first-order valence-electron chi connectivity index (χ1n) is 11.7. The van der Waals surface area contributed by atoms with Gasteiger partial charge in [-0.2, -0.15) is 0 Å².